The first kappa shape index (κ1) is 22.7. The molecule has 1 aliphatic heterocycles. The Morgan fingerprint density at radius 2 is 1.70 bits per heavy atom. The van der Waals surface area contributed by atoms with Crippen LogP contribution in [0.1, 0.15) is 11.1 Å². The van der Waals surface area contributed by atoms with Crippen LogP contribution in [0.2, 0.25) is 0 Å². The number of aliphatic hydroxyl groups is 1. The number of rotatable bonds is 5. The number of fused-ring (bicyclic) bond motifs is 1. The Balaban J connectivity index is 1.70. The van der Waals surface area contributed by atoms with Crippen LogP contribution in [0, 0.1) is 5.82 Å². The van der Waals surface area contributed by atoms with Crippen LogP contribution in [0.4, 0.5) is 23.2 Å². The van der Waals surface area contributed by atoms with E-state index in [1.165, 1.54) is 22.9 Å². The molecule has 33 heavy (non-hydrogen) atoms. The number of hydrogen-bond donors (Lipinski definition) is 2. The first-order chi connectivity index (χ1) is 15.5. The van der Waals surface area contributed by atoms with Gasteiger partial charge in [-0.3, -0.25) is 4.72 Å². The summed E-state index contributed by atoms with van der Waals surface area (Å²) in [5, 5.41) is 10.7. The summed E-state index contributed by atoms with van der Waals surface area (Å²) in [6.07, 6.45) is 0.459. The van der Waals surface area contributed by atoms with E-state index in [1.54, 1.807) is 0 Å². The van der Waals surface area contributed by atoms with Gasteiger partial charge in [-0.05, 0) is 41.5 Å². The van der Waals surface area contributed by atoms with Crippen LogP contribution in [0.3, 0.4) is 0 Å². The van der Waals surface area contributed by atoms with Crippen LogP contribution in [0.25, 0.3) is 16.9 Å². The van der Waals surface area contributed by atoms with Crippen molar-refractivity contribution in [3.05, 3.63) is 89.2 Å². The average Bonchev–Trinajstić information content (AvgIpc) is 2.76. The average molecular weight is 479 g/mol. The molecule has 0 spiro atoms. The third kappa shape index (κ3) is 4.65. The molecular weight excluding hydrogens is 462 g/mol. The lowest BCUT2D eigenvalue weighted by Gasteiger charge is -2.22. The summed E-state index contributed by atoms with van der Waals surface area (Å²) in [5.41, 5.74) is -3.92. The minimum atomic E-state index is -5.71. The number of halogens is 4. The second kappa shape index (κ2) is 8.43. The molecule has 4 rings (SSSR count). The van der Waals surface area contributed by atoms with Gasteiger partial charge in [-0.25, -0.2) is 4.39 Å². The zero-order valence-corrected chi connectivity index (χ0v) is 17.7. The van der Waals surface area contributed by atoms with Crippen molar-refractivity contribution in [1.29, 1.82) is 0 Å². The zero-order valence-electron chi connectivity index (χ0n) is 16.9. The molecule has 1 heterocycles. The summed E-state index contributed by atoms with van der Waals surface area (Å²) < 4.78 is 82.6. The van der Waals surface area contributed by atoms with Crippen LogP contribution in [-0.4, -0.2) is 25.6 Å². The molecular formula is C23H17F4NO4S. The smallest absolute Gasteiger partial charge is 0.507 e. The van der Waals surface area contributed by atoms with Gasteiger partial charge in [-0.15, -0.1) is 0 Å². The summed E-state index contributed by atoms with van der Waals surface area (Å²) in [5.74, 6) is -0.522. The summed E-state index contributed by atoms with van der Waals surface area (Å²) in [4.78, 5) is 0. The van der Waals surface area contributed by atoms with E-state index in [0.717, 1.165) is 23.8 Å². The Bertz CT molecular complexity index is 1340. The van der Waals surface area contributed by atoms with Crippen LogP contribution >= 0.6 is 0 Å². The summed E-state index contributed by atoms with van der Waals surface area (Å²) in [6.45, 7) is 0.0773. The predicted molar refractivity (Wildman–Crippen MR) is 116 cm³/mol. The maximum atomic E-state index is 13.9. The largest absolute Gasteiger partial charge is 0.516 e. The lowest BCUT2D eigenvalue weighted by Crippen LogP contribution is -2.30. The Hall–Kier alpha value is -3.53. The Kier molecular flexibility index (Phi) is 5.79. The molecule has 0 unspecified atom stereocenters. The molecule has 3 aromatic carbocycles. The van der Waals surface area contributed by atoms with Gasteiger partial charge in [-0.1, -0.05) is 36.4 Å². The molecule has 0 saturated carbocycles. The highest BCUT2D eigenvalue weighted by Gasteiger charge is 2.46. The van der Waals surface area contributed by atoms with Crippen LogP contribution in [0.5, 0.6) is 5.75 Å². The highest BCUT2D eigenvalue weighted by atomic mass is 32.2. The molecule has 0 aromatic heterocycles. The molecule has 2 N–H and O–H groups in total. The van der Waals surface area contributed by atoms with Gasteiger partial charge < -0.3 is 9.84 Å². The van der Waals surface area contributed by atoms with E-state index in [0.29, 0.717) is 17.6 Å². The molecule has 0 aliphatic carbocycles. The maximum Gasteiger partial charge on any atom is 0.516 e. The summed E-state index contributed by atoms with van der Waals surface area (Å²) in [7, 11) is -5.71. The van der Waals surface area contributed by atoms with Crippen molar-refractivity contribution in [2.45, 2.75) is 11.9 Å². The van der Waals surface area contributed by atoms with Crippen LogP contribution in [-0.2, 0) is 16.4 Å². The van der Waals surface area contributed by atoms with Gasteiger partial charge in [0, 0.05) is 17.6 Å². The van der Waals surface area contributed by atoms with Crippen molar-refractivity contribution in [1.82, 2.24) is 0 Å². The molecule has 0 saturated heterocycles. The van der Waals surface area contributed by atoms with E-state index in [4.69, 9.17) is 4.74 Å². The van der Waals surface area contributed by atoms with Crippen molar-refractivity contribution in [3.8, 4) is 16.9 Å². The normalized spacial score (nSPS) is 13.9. The van der Waals surface area contributed by atoms with Gasteiger partial charge in [0.1, 0.15) is 23.9 Å². The lowest BCUT2D eigenvalue weighted by atomic mass is 9.96. The van der Waals surface area contributed by atoms with Crippen molar-refractivity contribution in [2.24, 2.45) is 0 Å². The Morgan fingerprint density at radius 1 is 0.970 bits per heavy atom. The SMILES string of the molecule is O=S(=O)(Nc1ccc(F)cc1-c1ccc2c(c1)OCC(Cc1ccccc1)=C2O)C(F)(F)F. The van der Waals surface area contributed by atoms with E-state index in [1.807, 2.05) is 30.3 Å². The van der Waals surface area contributed by atoms with Gasteiger partial charge in [0.05, 0.1) is 11.3 Å². The molecule has 1 aliphatic rings. The fourth-order valence-electron chi connectivity index (χ4n) is 3.45. The van der Waals surface area contributed by atoms with Gasteiger partial charge in [0.2, 0.25) is 0 Å². The number of sulfonamides is 1. The topological polar surface area (TPSA) is 75.6 Å². The molecule has 172 valence electrons. The number of hydrogen-bond acceptors (Lipinski definition) is 4. The highest BCUT2D eigenvalue weighted by Crippen LogP contribution is 2.39. The van der Waals surface area contributed by atoms with E-state index >= 15 is 0 Å². The number of anilines is 1. The van der Waals surface area contributed by atoms with Crippen LogP contribution in [0.15, 0.2) is 72.3 Å². The molecule has 0 fully saturated rings. The second-order valence-electron chi connectivity index (χ2n) is 7.36. The number of benzene rings is 3. The van der Waals surface area contributed by atoms with E-state index in [2.05, 4.69) is 0 Å². The molecule has 0 bridgehead atoms. The number of ether oxygens (including phenoxy) is 1. The number of nitrogens with one attached hydrogen (secondary N) is 1. The van der Waals surface area contributed by atoms with Crippen molar-refractivity contribution in [3.63, 3.8) is 0 Å². The second-order valence-corrected chi connectivity index (χ2v) is 9.03. The maximum absolute atomic E-state index is 13.9. The number of alkyl halides is 3. The predicted octanol–water partition coefficient (Wildman–Crippen LogP) is 5.66. The van der Waals surface area contributed by atoms with Gasteiger partial charge in [-0.2, -0.15) is 21.6 Å². The molecule has 5 nitrogen and oxygen atoms in total. The third-order valence-electron chi connectivity index (χ3n) is 5.08. The summed E-state index contributed by atoms with van der Waals surface area (Å²) in [6, 6.07) is 16.4. The minimum absolute atomic E-state index is 0.0175. The first-order valence-corrected chi connectivity index (χ1v) is 11.1. The fraction of sp³-hybridized carbons (Fsp3) is 0.130. The highest BCUT2D eigenvalue weighted by molar-refractivity contribution is 7.93. The van der Waals surface area contributed by atoms with Gasteiger partial charge in [0.15, 0.2) is 0 Å². The van der Waals surface area contributed by atoms with Crippen molar-refractivity contribution < 1.29 is 35.8 Å². The van der Waals surface area contributed by atoms with Crippen molar-refractivity contribution in [2.75, 3.05) is 11.3 Å². The standard InChI is InChI=1S/C23H17F4NO4S/c24-17-7-9-20(28-33(30,31)23(25,26)27)19(12-17)15-6-8-18-21(11-15)32-13-16(22(18)29)10-14-4-2-1-3-5-14/h1-9,11-12,28-29H,10,13H2. The third-order valence-corrected chi connectivity index (χ3v) is 6.17. The van der Waals surface area contributed by atoms with E-state index in [-0.39, 0.29) is 29.2 Å². The first-order valence-electron chi connectivity index (χ1n) is 9.66. The van der Waals surface area contributed by atoms with Crippen LogP contribution < -0.4 is 9.46 Å². The van der Waals surface area contributed by atoms with Gasteiger partial charge >= 0.3 is 15.5 Å². The molecule has 0 radical (unpaired) electrons. The minimum Gasteiger partial charge on any atom is -0.507 e. The molecule has 10 heteroatoms. The Morgan fingerprint density at radius 3 is 2.39 bits per heavy atom. The van der Waals surface area contributed by atoms with Gasteiger partial charge in [0.25, 0.3) is 0 Å². The van der Waals surface area contributed by atoms with Crippen molar-refractivity contribution >= 4 is 21.5 Å². The zero-order chi connectivity index (χ0) is 23.8. The lowest BCUT2D eigenvalue weighted by molar-refractivity contribution is -0.0429. The molecule has 0 atom stereocenters. The fourth-order valence-corrected chi connectivity index (χ4v) is 4.04. The van der Waals surface area contributed by atoms with E-state index < -0.39 is 27.0 Å². The monoisotopic (exact) mass is 479 g/mol. The molecule has 3 aromatic rings. The van der Waals surface area contributed by atoms with E-state index in [9.17, 15) is 31.1 Å². The quantitative estimate of drug-likeness (QED) is 0.463. The number of aliphatic hydroxyl groups excluding tert-OH is 1. The molecule has 0 amide bonds. The Labute approximate surface area is 187 Å². The summed E-state index contributed by atoms with van der Waals surface area (Å²) >= 11 is 0.